The quantitative estimate of drug-likeness (QED) is 0.520. The van der Waals surface area contributed by atoms with Gasteiger partial charge in [0, 0.05) is 7.05 Å². The molecule has 6 nitrogen and oxygen atoms in total. The second-order valence-corrected chi connectivity index (χ2v) is 10.3. The van der Waals surface area contributed by atoms with E-state index in [-0.39, 0.29) is 28.8 Å². The highest BCUT2D eigenvalue weighted by molar-refractivity contribution is 8.23. The largest absolute Gasteiger partial charge is 0.353 e. The van der Waals surface area contributed by atoms with Crippen LogP contribution in [0.1, 0.15) is 25.5 Å². The minimum Gasteiger partial charge on any atom is -0.353 e. The molecule has 0 unspecified atom stereocenters. The van der Waals surface area contributed by atoms with Crippen molar-refractivity contribution < 1.29 is 14.4 Å². The first-order chi connectivity index (χ1) is 14.8. The van der Waals surface area contributed by atoms with Crippen molar-refractivity contribution >= 4 is 45.8 Å². The van der Waals surface area contributed by atoms with E-state index >= 15 is 0 Å². The predicted molar refractivity (Wildman–Crippen MR) is 124 cm³/mol. The molecule has 4 atom stereocenters. The van der Waals surface area contributed by atoms with Crippen LogP contribution >= 0.6 is 24.0 Å². The Hall–Kier alpha value is -2.26. The summed E-state index contributed by atoms with van der Waals surface area (Å²) in [5.41, 5.74) is 1.19. The number of thioether (sulfide) groups is 1. The van der Waals surface area contributed by atoms with E-state index < -0.39 is 12.0 Å². The molecule has 0 aliphatic carbocycles. The summed E-state index contributed by atoms with van der Waals surface area (Å²) < 4.78 is 0.769. The number of hydroxylamine groups is 2. The summed E-state index contributed by atoms with van der Waals surface area (Å²) in [5.74, 6) is -1.17. The third kappa shape index (κ3) is 3.04. The zero-order valence-corrected chi connectivity index (χ0v) is 19.1. The summed E-state index contributed by atoms with van der Waals surface area (Å²) in [6.07, 6.45) is -0.853. The van der Waals surface area contributed by atoms with Gasteiger partial charge in [-0.15, -0.1) is 0 Å². The number of hydrogen-bond acceptors (Lipinski definition) is 6. The Kier molecular flexibility index (Phi) is 4.93. The zero-order valence-electron chi connectivity index (χ0n) is 17.5. The Morgan fingerprint density at radius 2 is 1.58 bits per heavy atom. The summed E-state index contributed by atoms with van der Waals surface area (Å²) >= 11 is 7.09. The zero-order chi connectivity index (χ0) is 21.9. The lowest BCUT2D eigenvalue weighted by Gasteiger charge is -2.39. The fraction of sp³-hybridized carbons (Fsp3) is 0.348. The highest BCUT2D eigenvalue weighted by Crippen LogP contribution is 2.52. The Balaban J connectivity index is 1.57. The third-order valence-corrected chi connectivity index (χ3v) is 8.53. The average Bonchev–Trinajstić information content (AvgIpc) is 3.34. The molecule has 160 valence electrons. The van der Waals surface area contributed by atoms with Gasteiger partial charge in [0.15, 0.2) is 6.10 Å². The molecule has 3 heterocycles. The van der Waals surface area contributed by atoms with Gasteiger partial charge in [-0.25, -0.2) is 4.90 Å². The summed E-state index contributed by atoms with van der Waals surface area (Å²) in [6, 6.07) is 18.5. The van der Waals surface area contributed by atoms with E-state index in [1.54, 1.807) is 12.1 Å². The number of nitrogens with zero attached hydrogens (tertiary/aromatic N) is 3. The van der Waals surface area contributed by atoms with E-state index in [1.807, 2.05) is 60.6 Å². The lowest BCUT2D eigenvalue weighted by molar-refractivity contribution is -0.188. The Morgan fingerprint density at radius 1 is 0.968 bits per heavy atom. The van der Waals surface area contributed by atoms with Crippen LogP contribution < -0.4 is 4.90 Å². The number of thiocarbonyl (C=S) groups is 1. The molecule has 3 saturated heterocycles. The van der Waals surface area contributed by atoms with Crippen molar-refractivity contribution in [3.05, 3.63) is 66.2 Å². The van der Waals surface area contributed by atoms with Crippen molar-refractivity contribution in [1.82, 2.24) is 9.96 Å². The van der Waals surface area contributed by atoms with E-state index in [0.29, 0.717) is 5.69 Å². The van der Waals surface area contributed by atoms with Crippen LogP contribution in [0.2, 0.25) is 0 Å². The minimum absolute atomic E-state index is 0.161. The number of carbonyl (C=O) groups excluding carboxylic acids is 2. The standard InChI is InChI=1S/C23H23N3O3S2/c1-23(2)21(31-22(30)24(23)3)26-17(14-10-6-4-7-11-14)16-18(29-26)20(28)25(19(16)27)15-12-8-5-9-13-15/h4-13,16-18,21H,1-3H3/t16-,17-,18-,21+/m1/s1. The second-order valence-electron chi connectivity index (χ2n) is 8.56. The molecular weight excluding hydrogens is 430 g/mol. The maximum absolute atomic E-state index is 13.6. The molecule has 0 bridgehead atoms. The normalized spacial score (nSPS) is 30.4. The van der Waals surface area contributed by atoms with Crippen molar-refractivity contribution in [2.75, 3.05) is 11.9 Å². The highest BCUT2D eigenvalue weighted by Gasteiger charge is 2.63. The van der Waals surface area contributed by atoms with Gasteiger partial charge in [0.2, 0.25) is 5.91 Å². The lowest BCUT2D eigenvalue weighted by atomic mass is 9.90. The third-order valence-electron chi connectivity index (χ3n) is 6.49. The van der Waals surface area contributed by atoms with Gasteiger partial charge in [0.25, 0.3) is 5.91 Å². The summed E-state index contributed by atoms with van der Waals surface area (Å²) in [7, 11) is 1.97. The van der Waals surface area contributed by atoms with Crippen molar-refractivity contribution in [1.29, 1.82) is 0 Å². The molecule has 3 fully saturated rings. The molecule has 0 aromatic heterocycles. The van der Waals surface area contributed by atoms with Crippen LogP contribution in [0.15, 0.2) is 60.7 Å². The van der Waals surface area contributed by atoms with Crippen LogP contribution in [-0.2, 0) is 14.4 Å². The number of para-hydroxylation sites is 1. The first kappa shape index (κ1) is 20.6. The van der Waals surface area contributed by atoms with Gasteiger partial charge >= 0.3 is 0 Å². The van der Waals surface area contributed by atoms with Crippen LogP contribution in [0.5, 0.6) is 0 Å². The molecule has 3 aliphatic heterocycles. The number of fused-ring (bicyclic) bond motifs is 1. The molecule has 2 aromatic carbocycles. The number of carbonyl (C=O) groups is 2. The Bertz CT molecular complexity index is 1050. The SMILES string of the molecule is CN1C(=S)S[C@H](N2O[C@H]3C(=O)N(c4ccccc4)C(=O)[C@@H]3[C@H]2c2ccccc2)C1(C)C. The molecule has 0 N–H and O–H groups in total. The summed E-state index contributed by atoms with van der Waals surface area (Å²) in [4.78, 5) is 36.6. The number of anilines is 1. The van der Waals surface area contributed by atoms with Gasteiger partial charge in [-0.05, 0) is 31.5 Å². The van der Waals surface area contributed by atoms with E-state index in [2.05, 4.69) is 18.7 Å². The van der Waals surface area contributed by atoms with Crippen molar-refractivity contribution in [2.45, 2.75) is 36.9 Å². The van der Waals surface area contributed by atoms with E-state index in [0.717, 1.165) is 9.88 Å². The number of benzene rings is 2. The van der Waals surface area contributed by atoms with Gasteiger partial charge in [-0.3, -0.25) is 14.4 Å². The van der Waals surface area contributed by atoms with Crippen molar-refractivity contribution in [3.8, 4) is 0 Å². The smallest absolute Gasteiger partial charge is 0.265 e. The summed E-state index contributed by atoms with van der Waals surface area (Å²) in [6.45, 7) is 4.20. The van der Waals surface area contributed by atoms with Crippen LogP contribution in [0.4, 0.5) is 5.69 Å². The first-order valence-corrected chi connectivity index (χ1v) is 11.5. The molecule has 0 spiro atoms. The molecule has 8 heteroatoms. The van der Waals surface area contributed by atoms with Crippen molar-refractivity contribution in [2.24, 2.45) is 5.92 Å². The molecule has 0 saturated carbocycles. The van der Waals surface area contributed by atoms with Gasteiger partial charge in [0.05, 0.1) is 23.2 Å². The fourth-order valence-electron chi connectivity index (χ4n) is 4.55. The van der Waals surface area contributed by atoms with Crippen LogP contribution in [0.25, 0.3) is 0 Å². The van der Waals surface area contributed by atoms with Gasteiger partial charge in [-0.1, -0.05) is 72.5 Å². The van der Waals surface area contributed by atoms with Crippen molar-refractivity contribution in [3.63, 3.8) is 0 Å². The number of imide groups is 1. The van der Waals surface area contributed by atoms with E-state index in [1.165, 1.54) is 16.7 Å². The van der Waals surface area contributed by atoms with Crippen LogP contribution in [0, 0.1) is 5.92 Å². The minimum atomic E-state index is -0.853. The average molecular weight is 454 g/mol. The predicted octanol–water partition coefficient (Wildman–Crippen LogP) is 3.60. The second kappa shape index (κ2) is 7.41. The maximum Gasteiger partial charge on any atom is 0.265 e. The molecule has 2 aromatic rings. The van der Waals surface area contributed by atoms with Gasteiger partial charge in [-0.2, -0.15) is 5.06 Å². The number of rotatable bonds is 3. The Labute approximate surface area is 191 Å². The van der Waals surface area contributed by atoms with E-state index in [9.17, 15) is 9.59 Å². The molecule has 0 radical (unpaired) electrons. The van der Waals surface area contributed by atoms with Gasteiger partial charge < -0.3 is 4.90 Å². The number of amides is 2. The fourth-order valence-corrected chi connectivity index (χ4v) is 6.38. The topological polar surface area (TPSA) is 53.1 Å². The van der Waals surface area contributed by atoms with E-state index in [4.69, 9.17) is 17.1 Å². The summed E-state index contributed by atoms with van der Waals surface area (Å²) in [5, 5.41) is 1.69. The molecule has 2 amide bonds. The van der Waals surface area contributed by atoms with Crippen LogP contribution in [0.3, 0.4) is 0 Å². The number of likely N-dealkylation sites (N-methyl/N-ethyl adjacent to an activating group) is 1. The number of hydrogen-bond donors (Lipinski definition) is 0. The molecule has 3 aliphatic rings. The maximum atomic E-state index is 13.6. The monoisotopic (exact) mass is 453 g/mol. The molecular formula is C23H23N3O3S2. The molecule has 31 heavy (non-hydrogen) atoms. The highest BCUT2D eigenvalue weighted by atomic mass is 32.2. The lowest BCUT2D eigenvalue weighted by Crippen LogP contribution is -2.51. The van der Waals surface area contributed by atoms with Crippen LogP contribution in [-0.4, -0.2) is 50.2 Å². The Morgan fingerprint density at radius 3 is 2.16 bits per heavy atom. The first-order valence-electron chi connectivity index (χ1n) is 10.2. The molecule has 5 rings (SSSR count). The van der Waals surface area contributed by atoms with Gasteiger partial charge in [0.1, 0.15) is 9.69 Å².